The van der Waals surface area contributed by atoms with Crippen molar-refractivity contribution in [1.82, 2.24) is 5.06 Å². The average molecular weight is 170 g/mol. The Kier molecular flexibility index (Phi) is 2.45. The SMILES string of the molecule is [O-][Cl+3]([O-])([O-])ON1CCCC1. The molecule has 0 aromatic carbocycles. The van der Waals surface area contributed by atoms with Crippen molar-refractivity contribution in [2.75, 3.05) is 13.1 Å². The van der Waals surface area contributed by atoms with E-state index >= 15 is 0 Å². The topological polar surface area (TPSA) is 81.6 Å². The molecule has 0 saturated carbocycles. The van der Waals surface area contributed by atoms with Crippen LogP contribution < -0.4 is 14.0 Å². The van der Waals surface area contributed by atoms with Crippen LogP contribution in [0, 0.1) is 10.2 Å². The molecule has 0 N–H and O–H groups in total. The molecule has 0 amide bonds. The maximum atomic E-state index is 9.94. The van der Waals surface area contributed by atoms with Gasteiger partial charge in [0.05, 0.1) is 0 Å². The van der Waals surface area contributed by atoms with Gasteiger partial charge in [0.15, 0.2) is 4.39 Å². The van der Waals surface area contributed by atoms with Gasteiger partial charge in [-0.2, -0.15) is 14.0 Å². The van der Waals surface area contributed by atoms with Crippen LogP contribution in [0.2, 0.25) is 0 Å². The van der Waals surface area contributed by atoms with E-state index in [9.17, 15) is 14.0 Å². The van der Waals surface area contributed by atoms with E-state index in [2.05, 4.69) is 4.39 Å². The molecule has 0 spiro atoms. The fraction of sp³-hybridized carbons (Fsp3) is 1.00. The number of nitrogens with zero attached hydrogens (tertiary/aromatic N) is 1. The third-order valence-electron chi connectivity index (χ3n) is 1.25. The summed E-state index contributed by atoms with van der Waals surface area (Å²) < 4.78 is 33.8. The van der Waals surface area contributed by atoms with Gasteiger partial charge in [0, 0.05) is 13.1 Å². The number of hydrogen-bond donors (Lipinski definition) is 0. The first-order chi connectivity index (χ1) is 4.58. The lowest BCUT2D eigenvalue weighted by atomic mass is 10.4. The fourth-order valence-corrected chi connectivity index (χ4v) is 1.25. The van der Waals surface area contributed by atoms with Gasteiger partial charge in [-0.05, 0) is 17.9 Å². The molecule has 0 bridgehead atoms. The van der Waals surface area contributed by atoms with Gasteiger partial charge in [-0.1, -0.05) is 0 Å². The second kappa shape index (κ2) is 3.00. The smallest absolute Gasteiger partial charge is 0.179 e. The zero-order valence-electron chi connectivity index (χ0n) is 5.29. The highest BCUT2D eigenvalue weighted by Crippen LogP contribution is 2.09. The molecule has 0 unspecified atom stereocenters. The summed E-state index contributed by atoms with van der Waals surface area (Å²) in [5.74, 6) is 0. The lowest BCUT2D eigenvalue weighted by molar-refractivity contribution is -1.92. The molecule has 1 aliphatic heterocycles. The molecule has 1 fully saturated rings. The Morgan fingerprint density at radius 2 is 1.60 bits per heavy atom. The van der Waals surface area contributed by atoms with E-state index in [1.165, 1.54) is 0 Å². The van der Waals surface area contributed by atoms with Crippen molar-refractivity contribution < 1.29 is 28.6 Å². The van der Waals surface area contributed by atoms with Crippen LogP contribution in [0.3, 0.4) is 0 Å². The molecular formula is C4H8ClNO4. The Morgan fingerprint density at radius 3 is 2.00 bits per heavy atom. The lowest BCUT2D eigenvalue weighted by Gasteiger charge is -2.15. The van der Waals surface area contributed by atoms with Crippen molar-refractivity contribution in [3.8, 4) is 0 Å². The second-order valence-corrected chi connectivity index (χ2v) is 2.98. The van der Waals surface area contributed by atoms with Crippen molar-refractivity contribution >= 4 is 0 Å². The van der Waals surface area contributed by atoms with E-state index in [4.69, 9.17) is 0 Å². The first kappa shape index (κ1) is 8.19. The zero-order chi connectivity index (χ0) is 7.61. The van der Waals surface area contributed by atoms with Crippen LogP contribution >= 0.6 is 0 Å². The summed E-state index contributed by atoms with van der Waals surface area (Å²) in [4.78, 5) is 0. The highest BCUT2D eigenvalue weighted by Gasteiger charge is 2.28. The molecule has 0 radical (unpaired) electrons. The van der Waals surface area contributed by atoms with E-state index in [-0.39, 0.29) is 0 Å². The Balaban J connectivity index is 2.24. The van der Waals surface area contributed by atoms with Crippen LogP contribution in [-0.2, 0) is 4.39 Å². The standard InChI is InChI=1S/C4H8ClNO4/c7-5(8,9)10-6-3-1-2-4-6/h1-4H2. The molecule has 1 heterocycles. The highest BCUT2D eigenvalue weighted by atomic mass is 35.7. The Labute approximate surface area is 60.5 Å². The summed E-state index contributed by atoms with van der Waals surface area (Å²) >= 11 is 0. The van der Waals surface area contributed by atoms with Gasteiger partial charge < -0.3 is 0 Å². The van der Waals surface area contributed by atoms with Gasteiger partial charge in [0.1, 0.15) is 10.2 Å². The number of hydroxylamine groups is 2. The Hall–Kier alpha value is 0.0900. The fourth-order valence-electron chi connectivity index (χ4n) is 0.877. The van der Waals surface area contributed by atoms with E-state index < -0.39 is 10.2 Å². The summed E-state index contributed by atoms with van der Waals surface area (Å²) in [7, 11) is -4.27. The molecule has 1 saturated heterocycles. The number of rotatable bonds is 2. The van der Waals surface area contributed by atoms with Crippen LogP contribution in [0.25, 0.3) is 0 Å². The Morgan fingerprint density at radius 1 is 1.10 bits per heavy atom. The Bertz CT molecular complexity index is 108. The zero-order valence-corrected chi connectivity index (χ0v) is 6.04. The van der Waals surface area contributed by atoms with Crippen LogP contribution in [0.5, 0.6) is 0 Å². The second-order valence-electron chi connectivity index (χ2n) is 2.08. The van der Waals surface area contributed by atoms with Gasteiger partial charge in [0.2, 0.25) is 0 Å². The quantitative estimate of drug-likeness (QED) is 0.438. The molecule has 1 aliphatic rings. The molecule has 6 heteroatoms. The molecule has 1 rings (SSSR count). The summed E-state index contributed by atoms with van der Waals surface area (Å²) in [6.45, 7) is 1.04. The first-order valence-electron chi connectivity index (χ1n) is 2.93. The molecule has 0 aliphatic carbocycles. The predicted octanol–water partition coefficient (Wildman–Crippen LogP) is -3.09. The lowest BCUT2D eigenvalue weighted by Crippen LogP contribution is -2.63. The summed E-state index contributed by atoms with van der Waals surface area (Å²) in [5.41, 5.74) is 0. The van der Waals surface area contributed by atoms with Crippen LogP contribution in [-0.4, -0.2) is 18.2 Å². The maximum absolute atomic E-state index is 9.94. The summed E-state index contributed by atoms with van der Waals surface area (Å²) in [5, 5.41) is 1.16. The van der Waals surface area contributed by atoms with Crippen LogP contribution in [0.1, 0.15) is 12.8 Å². The van der Waals surface area contributed by atoms with E-state index in [1.54, 1.807) is 0 Å². The van der Waals surface area contributed by atoms with Crippen molar-refractivity contribution in [1.29, 1.82) is 0 Å². The monoisotopic (exact) mass is 169 g/mol. The molecular weight excluding hydrogens is 162 g/mol. The normalized spacial score (nSPS) is 21.9. The average Bonchev–Trinajstić information content (AvgIpc) is 2.12. The minimum Gasteiger partial charge on any atom is -0.181 e. The van der Waals surface area contributed by atoms with Crippen LogP contribution in [0.4, 0.5) is 0 Å². The molecule has 60 valence electrons. The van der Waals surface area contributed by atoms with Crippen molar-refractivity contribution in [3.05, 3.63) is 0 Å². The van der Waals surface area contributed by atoms with Gasteiger partial charge in [-0.25, -0.2) is 0 Å². The van der Waals surface area contributed by atoms with Crippen LogP contribution in [0.15, 0.2) is 0 Å². The van der Waals surface area contributed by atoms with Crippen molar-refractivity contribution in [2.45, 2.75) is 12.8 Å². The van der Waals surface area contributed by atoms with Crippen molar-refractivity contribution in [2.24, 2.45) is 0 Å². The molecule has 10 heavy (non-hydrogen) atoms. The molecule has 0 aromatic rings. The number of halogens is 1. The maximum Gasteiger partial charge on any atom is 0.179 e. The minimum absolute atomic E-state index is 0.522. The highest BCUT2D eigenvalue weighted by molar-refractivity contribution is 4.55. The van der Waals surface area contributed by atoms with Crippen molar-refractivity contribution in [3.63, 3.8) is 0 Å². The summed E-state index contributed by atoms with van der Waals surface area (Å²) in [6.07, 6.45) is 1.76. The summed E-state index contributed by atoms with van der Waals surface area (Å²) in [6, 6.07) is 0. The largest absolute Gasteiger partial charge is 0.181 e. The van der Waals surface area contributed by atoms with Gasteiger partial charge in [-0.3, -0.25) is 0 Å². The van der Waals surface area contributed by atoms with E-state index in [0.29, 0.717) is 13.1 Å². The van der Waals surface area contributed by atoms with E-state index in [0.717, 1.165) is 17.9 Å². The molecule has 5 nitrogen and oxygen atoms in total. The first-order valence-corrected chi connectivity index (χ1v) is 4.17. The third-order valence-corrected chi connectivity index (χ3v) is 1.61. The number of hydrogen-bond acceptors (Lipinski definition) is 5. The predicted molar refractivity (Wildman–Crippen MR) is 21.9 cm³/mol. The van der Waals surface area contributed by atoms with Gasteiger partial charge in [0.25, 0.3) is 0 Å². The van der Waals surface area contributed by atoms with Gasteiger partial charge >= 0.3 is 0 Å². The third kappa shape index (κ3) is 2.78. The minimum atomic E-state index is -4.27. The van der Waals surface area contributed by atoms with E-state index in [1.807, 2.05) is 0 Å². The molecule has 0 aromatic heterocycles. The van der Waals surface area contributed by atoms with Gasteiger partial charge in [-0.15, -0.1) is 0 Å². The molecule has 0 atom stereocenters.